The molecule has 0 aliphatic carbocycles. The molecule has 0 bridgehead atoms. The largest absolute Gasteiger partial charge is 0.366 e. The predicted molar refractivity (Wildman–Crippen MR) is 86.4 cm³/mol. The zero-order valence-electron chi connectivity index (χ0n) is 13.6. The lowest BCUT2D eigenvalue weighted by Crippen LogP contribution is -2.44. The maximum Gasteiger partial charge on any atom is 0.250 e. The minimum absolute atomic E-state index is 0.0292. The fourth-order valence-corrected chi connectivity index (χ4v) is 2.67. The van der Waals surface area contributed by atoms with Gasteiger partial charge in [0.25, 0.3) is 5.56 Å². The van der Waals surface area contributed by atoms with Gasteiger partial charge in [0, 0.05) is 25.2 Å². The summed E-state index contributed by atoms with van der Waals surface area (Å²) in [7, 11) is 0. The smallest absolute Gasteiger partial charge is 0.250 e. The highest BCUT2D eigenvalue weighted by molar-refractivity contribution is 5.76. The lowest BCUT2D eigenvalue weighted by Gasteiger charge is -2.31. The summed E-state index contributed by atoms with van der Waals surface area (Å²) in [5.41, 5.74) is -0.186. The molecule has 1 atom stereocenters. The number of carbonyl (C=O) groups excluding carboxylic acids is 1. The van der Waals surface area contributed by atoms with E-state index in [1.54, 1.807) is 23.2 Å². The van der Waals surface area contributed by atoms with Crippen LogP contribution >= 0.6 is 0 Å². The van der Waals surface area contributed by atoms with Crippen LogP contribution in [0.5, 0.6) is 0 Å². The molecule has 0 spiro atoms. The van der Waals surface area contributed by atoms with Gasteiger partial charge in [0.15, 0.2) is 5.82 Å². The summed E-state index contributed by atoms with van der Waals surface area (Å²) in [6.07, 6.45) is 3.09. The number of hydrogen-bond donors (Lipinski definition) is 1. The highest BCUT2D eigenvalue weighted by Gasteiger charge is 2.28. The van der Waals surface area contributed by atoms with Gasteiger partial charge in [-0.15, -0.1) is 0 Å². The van der Waals surface area contributed by atoms with Crippen LogP contribution in [0.25, 0.3) is 0 Å². The summed E-state index contributed by atoms with van der Waals surface area (Å²) in [5.74, 6) is 1.30. The van der Waals surface area contributed by atoms with E-state index in [0.29, 0.717) is 25.5 Å². The number of aromatic nitrogens is 4. The average Bonchev–Trinajstić information content (AvgIpc) is 3.06. The molecule has 1 N–H and O–H groups in total. The molecule has 8 nitrogen and oxygen atoms in total. The van der Waals surface area contributed by atoms with Gasteiger partial charge in [-0.1, -0.05) is 13.0 Å². The van der Waals surface area contributed by atoms with Crippen molar-refractivity contribution in [3.8, 4) is 0 Å². The first-order valence-electron chi connectivity index (χ1n) is 8.13. The van der Waals surface area contributed by atoms with E-state index in [4.69, 9.17) is 4.74 Å². The third kappa shape index (κ3) is 3.70. The maximum absolute atomic E-state index is 12.5. The Kier molecular flexibility index (Phi) is 5.05. The van der Waals surface area contributed by atoms with Crippen molar-refractivity contribution in [3.63, 3.8) is 0 Å². The monoisotopic (exact) mass is 331 g/mol. The quantitative estimate of drug-likeness (QED) is 0.862. The van der Waals surface area contributed by atoms with E-state index >= 15 is 0 Å². The Balaban J connectivity index is 1.65. The number of carbonyl (C=O) groups is 1. The molecule has 1 aliphatic heterocycles. The molecule has 3 rings (SSSR count). The summed E-state index contributed by atoms with van der Waals surface area (Å²) in [6, 6.07) is 4.84. The van der Waals surface area contributed by atoms with Gasteiger partial charge in [0.05, 0.1) is 13.2 Å². The molecule has 0 radical (unpaired) electrons. The van der Waals surface area contributed by atoms with Crippen molar-refractivity contribution < 1.29 is 9.53 Å². The lowest BCUT2D eigenvalue weighted by atomic mass is 10.2. The third-order valence-electron chi connectivity index (χ3n) is 3.95. The van der Waals surface area contributed by atoms with Crippen LogP contribution in [0.2, 0.25) is 0 Å². The fraction of sp³-hybridized carbons (Fsp3) is 0.500. The van der Waals surface area contributed by atoms with E-state index in [1.807, 2.05) is 0 Å². The van der Waals surface area contributed by atoms with E-state index < -0.39 is 0 Å². The highest BCUT2D eigenvalue weighted by atomic mass is 16.5. The number of hydrogen-bond acceptors (Lipinski definition) is 5. The number of H-pyrrole nitrogens is 1. The molecule has 128 valence electrons. The zero-order chi connectivity index (χ0) is 16.9. The number of morpholine rings is 1. The van der Waals surface area contributed by atoms with Gasteiger partial charge in [0.2, 0.25) is 5.91 Å². The van der Waals surface area contributed by atoms with E-state index in [0.717, 1.165) is 18.7 Å². The Hall–Kier alpha value is -2.48. The Bertz CT molecular complexity index is 754. The summed E-state index contributed by atoms with van der Waals surface area (Å²) in [6.45, 7) is 3.43. The first-order valence-corrected chi connectivity index (χ1v) is 8.13. The Morgan fingerprint density at radius 3 is 3.12 bits per heavy atom. The number of ether oxygens (including phenoxy) is 1. The number of nitrogens with zero attached hydrogens (tertiary/aromatic N) is 4. The number of rotatable bonds is 5. The Morgan fingerprint density at radius 2 is 2.33 bits per heavy atom. The van der Waals surface area contributed by atoms with Crippen LogP contribution in [0.15, 0.2) is 29.2 Å². The minimum Gasteiger partial charge on any atom is -0.366 e. The highest BCUT2D eigenvalue weighted by Crippen LogP contribution is 2.19. The van der Waals surface area contributed by atoms with Gasteiger partial charge in [-0.2, -0.15) is 5.10 Å². The molecule has 3 heterocycles. The third-order valence-corrected chi connectivity index (χ3v) is 3.95. The predicted octanol–water partition coefficient (Wildman–Crippen LogP) is 0.519. The van der Waals surface area contributed by atoms with Gasteiger partial charge in [0.1, 0.15) is 18.5 Å². The number of pyridine rings is 1. The molecular weight excluding hydrogens is 310 g/mol. The molecule has 1 amide bonds. The molecule has 1 saturated heterocycles. The van der Waals surface area contributed by atoms with E-state index in [9.17, 15) is 9.59 Å². The molecule has 24 heavy (non-hydrogen) atoms. The SMILES string of the molecule is CCCc1nc([C@@H]2CN(C(=O)Cn3ccccc3=O)CCO2)n[nH]1. The minimum atomic E-state index is -0.336. The van der Waals surface area contributed by atoms with E-state index in [2.05, 4.69) is 22.1 Å². The van der Waals surface area contributed by atoms with Gasteiger partial charge >= 0.3 is 0 Å². The second kappa shape index (κ2) is 7.39. The van der Waals surface area contributed by atoms with Crippen molar-refractivity contribution in [1.82, 2.24) is 24.6 Å². The van der Waals surface area contributed by atoms with Gasteiger partial charge < -0.3 is 14.2 Å². The normalized spacial score (nSPS) is 17.9. The fourth-order valence-electron chi connectivity index (χ4n) is 2.67. The second-order valence-electron chi connectivity index (χ2n) is 5.76. The van der Waals surface area contributed by atoms with Crippen molar-refractivity contribution in [3.05, 3.63) is 46.4 Å². The molecule has 0 unspecified atom stereocenters. The molecule has 2 aromatic rings. The van der Waals surface area contributed by atoms with E-state index in [1.165, 1.54) is 10.6 Å². The van der Waals surface area contributed by atoms with Crippen LogP contribution in [0, 0.1) is 0 Å². The molecular formula is C16H21N5O3. The summed E-state index contributed by atoms with van der Waals surface area (Å²) >= 11 is 0. The van der Waals surface area contributed by atoms with Crippen LogP contribution in [0.4, 0.5) is 0 Å². The topological polar surface area (TPSA) is 93.1 Å². The van der Waals surface area contributed by atoms with Gasteiger partial charge in [-0.3, -0.25) is 14.7 Å². The summed E-state index contributed by atoms with van der Waals surface area (Å²) in [4.78, 5) is 30.3. The van der Waals surface area contributed by atoms with Crippen molar-refractivity contribution in [2.75, 3.05) is 19.7 Å². The first-order chi connectivity index (χ1) is 11.7. The van der Waals surface area contributed by atoms with Crippen molar-refractivity contribution in [2.45, 2.75) is 32.4 Å². The molecule has 8 heteroatoms. The lowest BCUT2D eigenvalue weighted by molar-refractivity contribution is -0.140. The summed E-state index contributed by atoms with van der Waals surface area (Å²) in [5, 5.41) is 7.10. The van der Waals surface area contributed by atoms with Crippen LogP contribution in [-0.2, 0) is 22.5 Å². The van der Waals surface area contributed by atoms with E-state index in [-0.39, 0.29) is 24.1 Å². The standard InChI is InChI=1S/C16H21N5O3/c1-2-5-13-17-16(19-18-13)12-10-21(8-9-24-12)15(23)11-20-7-4-3-6-14(20)22/h3-4,6-7,12H,2,5,8-11H2,1H3,(H,17,18,19)/t12-/m0/s1. The van der Waals surface area contributed by atoms with Gasteiger partial charge in [-0.25, -0.2) is 4.98 Å². The zero-order valence-corrected chi connectivity index (χ0v) is 13.6. The van der Waals surface area contributed by atoms with Gasteiger partial charge in [-0.05, 0) is 12.5 Å². The molecule has 1 aliphatic rings. The number of aromatic amines is 1. The summed E-state index contributed by atoms with van der Waals surface area (Å²) < 4.78 is 7.10. The van der Waals surface area contributed by atoms with Crippen molar-refractivity contribution in [2.24, 2.45) is 0 Å². The van der Waals surface area contributed by atoms with Crippen LogP contribution in [0.1, 0.15) is 31.1 Å². The molecule has 1 fully saturated rings. The molecule has 0 saturated carbocycles. The Labute approximate surface area is 139 Å². The number of aryl methyl sites for hydroxylation is 1. The second-order valence-corrected chi connectivity index (χ2v) is 5.76. The number of amides is 1. The van der Waals surface area contributed by atoms with Crippen molar-refractivity contribution >= 4 is 5.91 Å². The van der Waals surface area contributed by atoms with Crippen LogP contribution < -0.4 is 5.56 Å². The number of nitrogens with one attached hydrogen (secondary N) is 1. The average molecular weight is 331 g/mol. The molecule has 0 aromatic carbocycles. The first kappa shape index (κ1) is 16.4. The Morgan fingerprint density at radius 1 is 1.46 bits per heavy atom. The van der Waals surface area contributed by atoms with Crippen LogP contribution in [-0.4, -0.2) is 50.3 Å². The van der Waals surface area contributed by atoms with Crippen LogP contribution in [0.3, 0.4) is 0 Å². The maximum atomic E-state index is 12.5. The molecule has 2 aromatic heterocycles. The van der Waals surface area contributed by atoms with Crippen molar-refractivity contribution in [1.29, 1.82) is 0 Å².